The molecule has 2 N–H and O–H groups in total. The molecule has 0 spiro atoms. The Morgan fingerprint density at radius 3 is 2.96 bits per heavy atom. The Balaban J connectivity index is 1.62. The van der Waals surface area contributed by atoms with E-state index in [9.17, 15) is 9.50 Å². The number of likely N-dealkylation sites (tertiary alicyclic amines) is 1. The Hall–Kier alpha value is -2.57. The first-order valence-electron chi connectivity index (χ1n) is 9.03. The average Bonchev–Trinajstić information content (AvgIpc) is 3.24. The van der Waals surface area contributed by atoms with E-state index in [1.807, 2.05) is 24.9 Å². The number of nitrogens with one attached hydrogen (secondary N) is 1. The van der Waals surface area contributed by atoms with Gasteiger partial charge in [-0.25, -0.2) is 9.38 Å². The van der Waals surface area contributed by atoms with Crippen molar-refractivity contribution in [3.05, 3.63) is 47.5 Å². The fourth-order valence-corrected chi connectivity index (χ4v) is 3.34. The fourth-order valence-electron chi connectivity index (χ4n) is 3.34. The van der Waals surface area contributed by atoms with Crippen molar-refractivity contribution in [1.82, 2.24) is 20.0 Å². The maximum atomic E-state index is 13.5. The van der Waals surface area contributed by atoms with Crippen LogP contribution in [-0.2, 0) is 20.0 Å². The molecule has 1 fully saturated rings. The highest BCUT2D eigenvalue weighted by Gasteiger charge is 2.25. The minimum absolute atomic E-state index is 0.331. The second kappa shape index (κ2) is 8.21. The molecule has 26 heavy (non-hydrogen) atoms. The Labute approximate surface area is 153 Å². The first-order valence-corrected chi connectivity index (χ1v) is 9.03. The van der Waals surface area contributed by atoms with Crippen LogP contribution in [0.15, 0.2) is 35.6 Å². The molecule has 1 aromatic carbocycles. The molecular weight excluding hydrogens is 333 g/mol. The summed E-state index contributed by atoms with van der Waals surface area (Å²) in [4.78, 5) is 6.91. The number of guanidine groups is 1. The molecule has 1 aliphatic rings. The Bertz CT molecular complexity index is 773. The average molecular weight is 359 g/mol. The lowest BCUT2D eigenvalue weighted by Crippen LogP contribution is -2.40. The number of nitrogens with zero attached hydrogens (tertiary/aromatic N) is 4. The number of aryl methyl sites for hydroxylation is 1. The van der Waals surface area contributed by atoms with Crippen LogP contribution >= 0.6 is 0 Å². The number of phenolic OH excluding ortho intramolecular Hbond substituents is 1. The molecule has 2 aromatic rings. The molecule has 1 unspecified atom stereocenters. The van der Waals surface area contributed by atoms with Gasteiger partial charge in [0.15, 0.2) is 17.5 Å². The summed E-state index contributed by atoms with van der Waals surface area (Å²) in [5.41, 5.74) is 2.00. The molecule has 2 heterocycles. The van der Waals surface area contributed by atoms with Crippen LogP contribution in [0.1, 0.15) is 24.5 Å². The predicted molar refractivity (Wildman–Crippen MR) is 99.5 cm³/mol. The van der Waals surface area contributed by atoms with Crippen LogP contribution in [-0.4, -0.2) is 45.4 Å². The molecule has 1 aromatic heterocycles. The molecule has 1 atom stereocenters. The van der Waals surface area contributed by atoms with E-state index < -0.39 is 5.82 Å². The highest BCUT2D eigenvalue weighted by atomic mass is 19.1. The summed E-state index contributed by atoms with van der Waals surface area (Å²) < 4.78 is 15.3. The number of aliphatic imine (C=N–C) groups is 1. The van der Waals surface area contributed by atoms with Gasteiger partial charge in [-0.05, 0) is 48.9 Å². The second-order valence-corrected chi connectivity index (χ2v) is 6.78. The van der Waals surface area contributed by atoms with Gasteiger partial charge in [-0.2, -0.15) is 5.10 Å². The van der Waals surface area contributed by atoms with Crippen LogP contribution < -0.4 is 5.32 Å². The lowest BCUT2D eigenvalue weighted by atomic mass is 10.0. The molecule has 0 aliphatic carbocycles. The first kappa shape index (κ1) is 18.2. The van der Waals surface area contributed by atoms with Crippen LogP contribution in [0, 0.1) is 11.7 Å². The van der Waals surface area contributed by atoms with Gasteiger partial charge in [0.25, 0.3) is 0 Å². The van der Waals surface area contributed by atoms with Crippen molar-refractivity contribution in [3.8, 4) is 5.75 Å². The monoisotopic (exact) mass is 359 g/mol. The topological polar surface area (TPSA) is 65.7 Å². The fraction of sp³-hybridized carbons (Fsp3) is 0.474. The standard InChI is InChI=1S/C19H26FN5O/c1-3-21-19(22-10-14-4-5-18(26)17(20)9-14)25-7-6-15(13-25)8-16-11-23-24(2)12-16/h4-5,9,11-12,15,26H,3,6-8,10,13H2,1-2H3,(H,21,22). The van der Waals surface area contributed by atoms with Crippen LogP contribution in [0.25, 0.3) is 0 Å². The van der Waals surface area contributed by atoms with E-state index in [0.717, 1.165) is 44.0 Å². The van der Waals surface area contributed by atoms with Gasteiger partial charge in [0, 0.05) is 32.9 Å². The Morgan fingerprint density at radius 1 is 1.42 bits per heavy atom. The number of phenols is 1. The third kappa shape index (κ3) is 4.53. The molecule has 1 saturated heterocycles. The van der Waals surface area contributed by atoms with Crippen LogP contribution in [0.3, 0.4) is 0 Å². The third-order valence-electron chi connectivity index (χ3n) is 4.63. The smallest absolute Gasteiger partial charge is 0.194 e. The number of hydrogen-bond donors (Lipinski definition) is 2. The van der Waals surface area contributed by atoms with E-state index in [4.69, 9.17) is 0 Å². The van der Waals surface area contributed by atoms with E-state index in [2.05, 4.69) is 26.5 Å². The van der Waals surface area contributed by atoms with Gasteiger partial charge in [-0.1, -0.05) is 6.07 Å². The summed E-state index contributed by atoms with van der Waals surface area (Å²) >= 11 is 0. The van der Waals surface area contributed by atoms with Crippen molar-refractivity contribution in [2.75, 3.05) is 19.6 Å². The molecule has 1 aliphatic heterocycles. The Kier molecular flexibility index (Phi) is 5.75. The number of aromatic hydroxyl groups is 1. The first-order chi connectivity index (χ1) is 12.5. The SMILES string of the molecule is CCNC(=NCc1ccc(O)c(F)c1)N1CCC(Cc2cnn(C)c2)C1. The van der Waals surface area contributed by atoms with Crippen molar-refractivity contribution in [2.45, 2.75) is 26.3 Å². The van der Waals surface area contributed by atoms with Gasteiger partial charge in [-0.15, -0.1) is 0 Å². The number of halogens is 1. The molecule has 0 bridgehead atoms. The van der Waals surface area contributed by atoms with E-state index in [1.165, 1.54) is 17.7 Å². The minimum Gasteiger partial charge on any atom is -0.505 e. The molecular formula is C19H26FN5O. The van der Waals surface area contributed by atoms with Crippen LogP contribution in [0.2, 0.25) is 0 Å². The van der Waals surface area contributed by atoms with Gasteiger partial charge in [-0.3, -0.25) is 4.68 Å². The minimum atomic E-state index is -0.611. The summed E-state index contributed by atoms with van der Waals surface area (Å²) in [5.74, 6) is 0.492. The maximum absolute atomic E-state index is 13.5. The zero-order valence-electron chi connectivity index (χ0n) is 15.3. The van der Waals surface area contributed by atoms with Crippen molar-refractivity contribution in [3.63, 3.8) is 0 Å². The summed E-state index contributed by atoms with van der Waals surface area (Å²) in [6, 6.07) is 4.39. The van der Waals surface area contributed by atoms with E-state index in [0.29, 0.717) is 12.5 Å². The summed E-state index contributed by atoms with van der Waals surface area (Å²) in [7, 11) is 1.94. The number of hydrogen-bond acceptors (Lipinski definition) is 3. The number of benzene rings is 1. The maximum Gasteiger partial charge on any atom is 0.194 e. The Morgan fingerprint density at radius 2 is 2.27 bits per heavy atom. The van der Waals surface area contributed by atoms with Gasteiger partial charge in [0.05, 0.1) is 12.7 Å². The van der Waals surface area contributed by atoms with Crippen molar-refractivity contribution in [2.24, 2.45) is 18.0 Å². The number of rotatable bonds is 5. The van der Waals surface area contributed by atoms with E-state index >= 15 is 0 Å². The highest BCUT2D eigenvalue weighted by Crippen LogP contribution is 2.21. The molecule has 6 nitrogen and oxygen atoms in total. The van der Waals surface area contributed by atoms with Crippen LogP contribution in [0.5, 0.6) is 5.75 Å². The van der Waals surface area contributed by atoms with Gasteiger partial charge in [0.1, 0.15) is 0 Å². The molecule has 0 amide bonds. The van der Waals surface area contributed by atoms with Gasteiger partial charge in [0.2, 0.25) is 0 Å². The zero-order chi connectivity index (χ0) is 18.5. The van der Waals surface area contributed by atoms with E-state index in [-0.39, 0.29) is 5.75 Å². The highest BCUT2D eigenvalue weighted by molar-refractivity contribution is 5.80. The van der Waals surface area contributed by atoms with E-state index in [1.54, 1.807) is 6.07 Å². The van der Waals surface area contributed by atoms with Crippen LogP contribution in [0.4, 0.5) is 4.39 Å². The predicted octanol–water partition coefficient (Wildman–Crippen LogP) is 2.29. The van der Waals surface area contributed by atoms with Crippen molar-refractivity contribution < 1.29 is 9.50 Å². The molecule has 3 rings (SSSR count). The summed E-state index contributed by atoms with van der Waals surface area (Å²) in [6.45, 7) is 5.11. The van der Waals surface area contributed by atoms with Crippen molar-refractivity contribution in [1.29, 1.82) is 0 Å². The quantitative estimate of drug-likeness (QED) is 0.635. The zero-order valence-corrected chi connectivity index (χ0v) is 15.3. The molecule has 7 heteroatoms. The van der Waals surface area contributed by atoms with Gasteiger partial charge < -0.3 is 15.3 Å². The van der Waals surface area contributed by atoms with Gasteiger partial charge >= 0.3 is 0 Å². The molecule has 0 saturated carbocycles. The second-order valence-electron chi connectivity index (χ2n) is 6.78. The summed E-state index contributed by atoms with van der Waals surface area (Å²) in [6.07, 6.45) is 6.14. The lowest BCUT2D eigenvalue weighted by Gasteiger charge is -2.21. The largest absolute Gasteiger partial charge is 0.505 e. The number of aromatic nitrogens is 2. The lowest BCUT2D eigenvalue weighted by molar-refractivity contribution is 0.431. The molecule has 140 valence electrons. The normalized spacial score (nSPS) is 17.7. The third-order valence-corrected chi connectivity index (χ3v) is 4.63. The van der Waals surface area contributed by atoms with Crippen molar-refractivity contribution >= 4 is 5.96 Å². The summed E-state index contributed by atoms with van der Waals surface area (Å²) in [5, 5.41) is 16.9. The molecule has 0 radical (unpaired) electrons.